The van der Waals surface area contributed by atoms with E-state index in [1.54, 1.807) is 6.07 Å². The van der Waals surface area contributed by atoms with Crippen LogP contribution in [-0.4, -0.2) is 6.10 Å². The number of halogens is 2. The Hall–Kier alpha value is -0.960. The molecule has 0 amide bonds. The Kier molecular flexibility index (Phi) is 3.00. The van der Waals surface area contributed by atoms with Crippen LogP contribution in [0.3, 0.4) is 0 Å². The van der Waals surface area contributed by atoms with Crippen molar-refractivity contribution in [3.05, 3.63) is 35.4 Å². The smallest absolute Gasteiger partial charge is 0.159 e. The molecule has 0 spiro atoms. The van der Waals surface area contributed by atoms with Crippen molar-refractivity contribution in [2.24, 2.45) is 0 Å². The minimum Gasteiger partial charge on any atom is -0.365 e. The Morgan fingerprint density at radius 1 is 1.27 bits per heavy atom. The fourth-order valence-electron chi connectivity index (χ4n) is 1.75. The summed E-state index contributed by atoms with van der Waals surface area (Å²) in [6.07, 6.45) is 3.43. The van der Waals surface area contributed by atoms with Crippen LogP contribution in [0.1, 0.15) is 37.9 Å². The first-order valence-corrected chi connectivity index (χ1v) is 5.32. The summed E-state index contributed by atoms with van der Waals surface area (Å²) in [4.78, 5) is 0. The highest BCUT2D eigenvalue weighted by Crippen LogP contribution is 2.41. The summed E-state index contributed by atoms with van der Waals surface area (Å²) >= 11 is 0. The van der Waals surface area contributed by atoms with Crippen LogP contribution in [-0.2, 0) is 4.74 Å². The summed E-state index contributed by atoms with van der Waals surface area (Å²) < 4.78 is 31.0. The zero-order valence-electron chi connectivity index (χ0n) is 8.67. The molecule has 0 N–H and O–H groups in total. The van der Waals surface area contributed by atoms with E-state index in [1.807, 2.05) is 0 Å². The lowest BCUT2D eigenvalue weighted by Gasteiger charge is -1.97. The molecule has 1 saturated heterocycles. The predicted molar refractivity (Wildman–Crippen MR) is 53.5 cm³/mol. The van der Waals surface area contributed by atoms with E-state index in [-0.39, 0.29) is 12.2 Å². The first-order valence-electron chi connectivity index (χ1n) is 5.32. The lowest BCUT2D eigenvalue weighted by molar-refractivity contribution is 0.361. The zero-order valence-corrected chi connectivity index (χ0v) is 8.67. The molecule has 1 nitrogen and oxygen atoms in total. The van der Waals surface area contributed by atoms with Gasteiger partial charge in [-0.3, -0.25) is 0 Å². The largest absolute Gasteiger partial charge is 0.365 e. The van der Waals surface area contributed by atoms with E-state index < -0.39 is 11.6 Å². The molecule has 1 aromatic carbocycles. The molecule has 1 heterocycles. The molecular weight excluding hydrogens is 198 g/mol. The summed E-state index contributed by atoms with van der Waals surface area (Å²) in [6, 6.07) is 3.98. The summed E-state index contributed by atoms with van der Waals surface area (Å²) in [6.45, 7) is 2.12. The minimum atomic E-state index is -0.801. The summed E-state index contributed by atoms with van der Waals surface area (Å²) in [7, 11) is 0. The number of rotatable bonds is 4. The lowest BCUT2D eigenvalue weighted by atomic mass is 10.1. The van der Waals surface area contributed by atoms with Crippen LogP contribution in [0.25, 0.3) is 0 Å². The second-order valence-electron chi connectivity index (χ2n) is 3.91. The summed E-state index contributed by atoms with van der Waals surface area (Å²) in [5.41, 5.74) is 0.745. The fraction of sp³-hybridized carbons (Fsp3) is 0.500. The van der Waals surface area contributed by atoms with Gasteiger partial charge >= 0.3 is 0 Å². The Bertz CT molecular complexity index is 351. The predicted octanol–water partition coefficient (Wildman–Crippen LogP) is 3.59. The molecule has 0 radical (unpaired) electrons. The van der Waals surface area contributed by atoms with E-state index in [1.165, 1.54) is 6.07 Å². The van der Waals surface area contributed by atoms with Crippen molar-refractivity contribution >= 4 is 0 Å². The fourth-order valence-corrected chi connectivity index (χ4v) is 1.75. The van der Waals surface area contributed by atoms with Crippen molar-refractivity contribution in [3.8, 4) is 0 Å². The van der Waals surface area contributed by atoms with Crippen molar-refractivity contribution in [1.82, 2.24) is 0 Å². The normalized spacial score (nSPS) is 24.2. The number of hydrogen-bond donors (Lipinski definition) is 0. The summed E-state index contributed by atoms with van der Waals surface area (Å²) in [5, 5.41) is 0. The third-order valence-electron chi connectivity index (χ3n) is 2.70. The highest BCUT2D eigenvalue weighted by molar-refractivity contribution is 5.24. The van der Waals surface area contributed by atoms with Crippen LogP contribution in [0.4, 0.5) is 8.78 Å². The van der Waals surface area contributed by atoms with Crippen LogP contribution >= 0.6 is 0 Å². The average molecular weight is 212 g/mol. The second kappa shape index (κ2) is 4.27. The monoisotopic (exact) mass is 212 g/mol. The van der Waals surface area contributed by atoms with Crippen molar-refractivity contribution in [3.63, 3.8) is 0 Å². The maximum Gasteiger partial charge on any atom is 0.159 e. The number of ether oxygens (including phenoxy) is 1. The first-order chi connectivity index (χ1) is 7.22. The molecule has 1 fully saturated rings. The van der Waals surface area contributed by atoms with E-state index >= 15 is 0 Å². The topological polar surface area (TPSA) is 12.5 Å². The van der Waals surface area contributed by atoms with Gasteiger partial charge < -0.3 is 4.74 Å². The van der Waals surface area contributed by atoms with Crippen molar-refractivity contribution in [2.75, 3.05) is 0 Å². The maximum absolute atomic E-state index is 12.9. The van der Waals surface area contributed by atoms with Crippen LogP contribution in [0.15, 0.2) is 18.2 Å². The van der Waals surface area contributed by atoms with Gasteiger partial charge in [-0.1, -0.05) is 25.8 Å². The Labute approximate surface area is 88.1 Å². The van der Waals surface area contributed by atoms with Gasteiger partial charge in [-0.2, -0.15) is 0 Å². The van der Waals surface area contributed by atoms with Gasteiger partial charge in [0.1, 0.15) is 6.10 Å². The van der Waals surface area contributed by atoms with Crippen molar-refractivity contribution < 1.29 is 13.5 Å². The van der Waals surface area contributed by atoms with Crippen molar-refractivity contribution in [2.45, 2.75) is 38.4 Å². The average Bonchev–Trinajstić information content (AvgIpc) is 2.98. The molecule has 0 saturated carbocycles. The van der Waals surface area contributed by atoms with Gasteiger partial charge in [0.2, 0.25) is 0 Å². The van der Waals surface area contributed by atoms with E-state index in [0.717, 1.165) is 30.9 Å². The zero-order chi connectivity index (χ0) is 10.8. The Balaban J connectivity index is 1.98. The Morgan fingerprint density at radius 3 is 2.73 bits per heavy atom. The molecular formula is C12H14F2O. The molecule has 15 heavy (non-hydrogen) atoms. The van der Waals surface area contributed by atoms with Gasteiger partial charge in [-0.25, -0.2) is 8.78 Å². The molecule has 2 atom stereocenters. The van der Waals surface area contributed by atoms with Gasteiger partial charge in [0.25, 0.3) is 0 Å². The number of unbranched alkanes of at least 4 members (excludes halogenated alkanes) is 1. The molecule has 1 aromatic rings. The van der Waals surface area contributed by atoms with Gasteiger partial charge in [0.15, 0.2) is 11.6 Å². The van der Waals surface area contributed by atoms with Gasteiger partial charge in [-0.05, 0) is 24.1 Å². The highest BCUT2D eigenvalue weighted by Gasteiger charge is 2.39. The molecule has 0 aliphatic carbocycles. The quantitative estimate of drug-likeness (QED) is 0.695. The first kappa shape index (κ1) is 10.6. The second-order valence-corrected chi connectivity index (χ2v) is 3.91. The van der Waals surface area contributed by atoms with Gasteiger partial charge in [0.05, 0.1) is 6.10 Å². The van der Waals surface area contributed by atoms with Crippen LogP contribution in [0.5, 0.6) is 0 Å². The molecule has 82 valence electrons. The molecule has 1 aliphatic heterocycles. The maximum atomic E-state index is 12.9. The van der Waals surface area contributed by atoms with Crippen LogP contribution < -0.4 is 0 Å². The SMILES string of the molecule is CCCCC1O[C@H]1c1ccc(F)c(F)c1. The molecule has 1 unspecified atom stereocenters. The molecule has 1 aliphatic rings. The standard InChI is InChI=1S/C12H14F2O/c1-2-3-4-11-12(15-11)8-5-6-9(13)10(14)7-8/h5-7,11-12H,2-4H2,1H3/t11?,12-/m0/s1. The Morgan fingerprint density at radius 2 is 2.07 bits per heavy atom. The third kappa shape index (κ3) is 2.34. The summed E-state index contributed by atoms with van der Waals surface area (Å²) in [5.74, 6) is -1.60. The van der Waals surface area contributed by atoms with E-state index in [9.17, 15) is 8.78 Å². The van der Waals surface area contributed by atoms with Crippen molar-refractivity contribution in [1.29, 1.82) is 0 Å². The number of hydrogen-bond acceptors (Lipinski definition) is 1. The number of epoxide rings is 1. The molecule has 2 rings (SSSR count). The van der Waals surface area contributed by atoms with Crippen LogP contribution in [0, 0.1) is 11.6 Å². The van der Waals surface area contributed by atoms with Gasteiger partial charge in [0, 0.05) is 0 Å². The lowest BCUT2D eigenvalue weighted by Crippen LogP contribution is -1.91. The number of benzene rings is 1. The van der Waals surface area contributed by atoms with Crippen LogP contribution in [0.2, 0.25) is 0 Å². The van der Waals surface area contributed by atoms with E-state index in [2.05, 4.69) is 6.92 Å². The minimum absolute atomic E-state index is 0.0216. The molecule has 3 heteroatoms. The van der Waals surface area contributed by atoms with E-state index in [4.69, 9.17) is 4.74 Å². The molecule has 0 bridgehead atoms. The van der Waals surface area contributed by atoms with E-state index in [0.29, 0.717) is 0 Å². The third-order valence-corrected chi connectivity index (χ3v) is 2.70. The molecule has 0 aromatic heterocycles. The highest BCUT2D eigenvalue weighted by atomic mass is 19.2. The van der Waals surface area contributed by atoms with Gasteiger partial charge in [-0.15, -0.1) is 0 Å².